The van der Waals surface area contributed by atoms with Crippen LogP contribution in [0.3, 0.4) is 0 Å². The zero-order valence-corrected chi connectivity index (χ0v) is 16.7. The monoisotopic (exact) mass is 385 g/mol. The average Bonchev–Trinajstić information content (AvgIpc) is 2.94. The number of piperidine rings is 1. The summed E-state index contributed by atoms with van der Waals surface area (Å²) in [4.78, 5) is 37.6. The first-order valence-corrected chi connectivity index (χ1v) is 9.72. The lowest BCUT2D eigenvalue weighted by Gasteiger charge is -2.33. The van der Waals surface area contributed by atoms with Crippen molar-refractivity contribution in [3.8, 4) is 0 Å². The molecule has 6 nitrogen and oxygen atoms in total. The van der Waals surface area contributed by atoms with Crippen LogP contribution in [-0.4, -0.2) is 46.5 Å². The topological polar surface area (TPSA) is 83.9 Å². The van der Waals surface area contributed by atoms with E-state index in [9.17, 15) is 14.4 Å². The van der Waals surface area contributed by atoms with Crippen molar-refractivity contribution >= 4 is 17.8 Å². The SMILES string of the molecule is CC(C)(C)OC(=O)N1CCC(CC=C2Cc3ccc(C(=O)O)cc3C2=O)CC1. The fraction of sp³-hybridized carbons (Fsp3) is 0.500. The number of benzene rings is 1. The second kappa shape index (κ2) is 7.78. The molecule has 1 aromatic carbocycles. The van der Waals surface area contributed by atoms with Gasteiger partial charge in [0.15, 0.2) is 5.78 Å². The molecule has 0 saturated carbocycles. The van der Waals surface area contributed by atoms with Gasteiger partial charge in [-0.25, -0.2) is 9.59 Å². The molecular formula is C22H27NO5. The van der Waals surface area contributed by atoms with Gasteiger partial charge in [-0.1, -0.05) is 12.1 Å². The molecule has 0 aromatic heterocycles. The molecule has 6 heteroatoms. The Balaban J connectivity index is 1.55. The molecule has 1 saturated heterocycles. The van der Waals surface area contributed by atoms with Gasteiger partial charge in [-0.05, 0) is 63.6 Å². The van der Waals surface area contributed by atoms with Gasteiger partial charge in [0.05, 0.1) is 5.56 Å². The van der Waals surface area contributed by atoms with Crippen LogP contribution in [0, 0.1) is 5.92 Å². The molecule has 150 valence electrons. The highest BCUT2D eigenvalue weighted by molar-refractivity contribution is 6.13. The lowest BCUT2D eigenvalue weighted by molar-refractivity contribution is 0.0185. The number of hydrogen-bond donors (Lipinski definition) is 1. The van der Waals surface area contributed by atoms with E-state index in [0.717, 1.165) is 30.4 Å². The van der Waals surface area contributed by atoms with Gasteiger partial charge in [0.2, 0.25) is 0 Å². The summed E-state index contributed by atoms with van der Waals surface area (Å²) in [6, 6.07) is 4.75. The Morgan fingerprint density at radius 2 is 1.93 bits per heavy atom. The van der Waals surface area contributed by atoms with E-state index < -0.39 is 11.6 Å². The Morgan fingerprint density at radius 3 is 2.54 bits per heavy atom. The summed E-state index contributed by atoms with van der Waals surface area (Å²) < 4.78 is 5.42. The number of likely N-dealkylation sites (tertiary alicyclic amines) is 1. The summed E-state index contributed by atoms with van der Waals surface area (Å²) in [7, 11) is 0. The fourth-order valence-electron chi connectivity index (χ4n) is 3.68. The third-order valence-electron chi connectivity index (χ3n) is 5.24. The molecule has 0 bridgehead atoms. The summed E-state index contributed by atoms with van der Waals surface area (Å²) in [5.74, 6) is -0.661. The quantitative estimate of drug-likeness (QED) is 0.793. The average molecular weight is 385 g/mol. The highest BCUT2D eigenvalue weighted by Crippen LogP contribution is 2.29. The first-order valence-electron chi connectivity index (χ1n) is 9.72. The Kier molecular flexibility index (Phi) is 5.59. The van der Waals surface area contributed by atoms with Crippen LogP contribution >= 0.6 is 0 Å². The number of rotatable bonds is 3. The molecule has 3 rings (SSSR count). The molecule has 1 N–H and O–H groups in total. The number of ether oxygens (including phenoxy) is 1. The van der Waals surface area contributed by atoms with Gasteiger partial charge in [-0.15, -0.1) is 0 Å². The van der Waals surface area contributed by atoms with Gasteiger partial charge in [0.1, 0.15) is 5.60 Å². The van der Waals surface area contributed by atoms with E-state index >= 15 is 0 Å². The zero-order chi connectivity index (χ0) is 20.5. The standard InChI is InChI=1S/C22H27NO5/c1-22(2,3)28-21(27)23-10-8-14(9-11-23)4-5-16-12-15-6-7-17(20(25)26)13-18(15)19(16)24/h5-7,13-14H,4,8-12H2,1-3H3,(H,25,26). The van der Waals surface area contributed by atoms with Crippen LogP contribution in [-0.2, 0) is 11.2 Å². The maximum absolute atomic E-state index is 12.6. The molecule has 1 aliphatic heterocycles. The summed E-state index contributed by atoms with van der Waals surface area (Å²) in [5.41, 5.74) is 1.79. The summed E-state index contributed by atoms with van der Waals surface area (Å²) in [5, 5.41) is 9.10. The highest BCUT2D eigenvalue weighted by atomic mass is 16.6. The van der Waals surface area contributed by atoms with Crippen molar-refractivity contribution in [3.63, 3.8) is 0 Å². The maximum atomic E-state index is 12.6. The van der Waals surface area contributed by atoms with Crippen molar-refractivity contribution in [1.29, 1.82) is 0 Å². The molecule has 1 aliphatic carbocycles. The Bertz CT molecular complexity index is 826. The van der Waals surface area contributed by atoms with E-state index in [1.807, 2.05) is 26.8 Å². The number of aromatic carboxylic acids is 1. The van der Waals surface area contributed by atoms with Gasteiger partial charge in [0.25, 0.3) is 0 Å². The number of hydrogen-bond acceptors (Lipinski definition) is 4. The number of carbonyl (C=O) groups is 3. The lowest BCUT2D eigenvalue weighted by atomic mass is 9.92. The first kappa shape index (κ1) is 20.1. The number of carbonyl (C=O) groups excluding carboxylic acids is 2. The third-order valence-corrected chi connectivity index (χ3v) is 5.24. The molecular weight excluding hydrogens is 358 g/mol. The molecule has 0 unspecified atom stereocenters. The minimum atomic E-state index is -1.02. The number of ketones is 1. The van der Waals surface area contributed by atoms with Crippen LogP contribution in [0.15, 0.2) is 29.8 Å². The van der Waals surface area contributed by atoms with Crippen molar-refractivity contribution < 1.29 is 24.2 Å². The van der Waals surface area contributed by atoms with Crippen LogP contribution < -0.4 is 0 Å². The molecule has 0 radical (unpaired) electrons. The largest absolute Gasteiger partial charge is 0.478 e. The van der Waals surface area contributed by atoms with Crippen LogP contribution in [0.2, 0.25) is 0 Å². The molecule has 1 fully saturated rings. The Labute approximate surface area is 165 Å². The van der Waals surface area contributed by atoms with E-state index in [1.54, 1.807) is 17.0 Å². The number of carboxylic acid groups (broad SMARTS) is 1. The van der Waals surface area contributed by atoms with Gasteiger partial charge < -0.3 is 14.7 Å². The molecule has 0 atom stereocenters. The number of Topliss-reactive ketones (excluding diaryl/α,β-unsaturated/α-hetero) is 1. The second-order valence-electron chi connectivity index (χ2n) is 8.56. The maximum Gasteiger partial charge on any atom is 0.410 e. The van der Waals surface area contributed by atoms with E-state index in [1.165, 1.54) is 6.07 Å². The molecule has 2 aliphatic rings. The number of amides is 1. The van der Waals surface area contributed by atoms with E-state index in [-0.39, 0.29) is 17.4 Å². The van der Waals surface area contributed by atoms with Crippen molar-refractivity contribution in [1.82, 2.24) is 4.90 Å². The van der Waals surface area contributed by atoms with Crippen LogP contribution in [0.1, 0.15) is 66.3 Å². The number of allylic oxidation sites excluding steroid dienone is 2. The minimum absolute atomic E-state index is 0.0655. The van der Waals surface area contributed by atoms with Crippen molar-refractivity contribution in [2.45, 2.75) is 52.1 Å². The van der Waals surface area contributed by atoms with Gasteiger partial charge >= 0.3 is 12.1 Å². The van der Waals surface area contributed by atoms with Crippen molar-refractivity contribution in [2.24, 2.45) is 5.92 Å². The predicted octanol–water partition coefficient (Wildman–Crippen LogP) is 4.09. The normalized spacial score (nSPS) is 19.0. The third kappa shape index (κ3) is 4.61. The lowest BCUT2D eigenvalue weighted by Crippen LogP contribution is -2.41. The van der Waals surface area contributed by atoms with Crippen LogP contribution in [0.5, 0.6) is 0 Å². The van der Waals surface area contributed by atoms with E-state index in [2.05, 4.69) is 0 Å². The smallest absolute Gasteiger partial charge is 0.410 e. The summed E-state index contributed by atoms with van der Waals surface area (Å²) in [6.07, 6.45) is 4.85. The molecule has 28 heavy (non-hydrogen) atoms. The molecule has 1 amide bonds. The molecule has 0 spiro atoms. The zero-order valence-electron chi connectivity index (χ0n) is 16.7. The molecule has 1 heterocycles. The van der Waals surface area contributed by atoms with Crippen molar-refractivity contribution in [2.75, 3.05) is 13.1 Å². The van der Waals surface area contributed by atoms with E-state index in [4.69, 9.17) is 9.84 Å². The molecule has 1 aromatic rings. The predicted molar refractivity (Wildman–Crippen MR) is 105 cm³/mol. The van der Waals surface area contributed by atoms with Gasteiger partial charge in [-0.3, -0.25) is 4.79 Å². The number of carboxylic acids is 1. The van der Waals surface area contributed by atoms with Crippen molar-refractivity contribution in [3.05, 3.63) is 46.5 Å². The minimum Gasteiger partial charge on any atom is -0.478 e. The summed E-state index contributed by atoms with van der Waals surface area (Å²) >= 11 is 0. The van der Waals surface area contributed by atoms with E-state index in [0.29, 0.717) is 31.0 Å². The van der Waals surface area contributed by atoms with Gasteiger partial charge in [0, 0.05) is 30.6 Å². The number of nitrogens with zero attached hydrogens (tertiary/aromatic N) is 1. The Hall–Kier alpha value is -2.63. The summed E-state index contributed by atoms with van der Waals surface area (Å²) in [6.45, 7) is 6.91. The Morgan fingerprint density at radius 1 is 1.25 bits per heavy atom. The van der Waals surface area contributed by atoms with Crippen LogP contribution in [0.4, 0.5) is 4.79 Å². The number of fused-ring (bicyclic) bond motifs is 1. The highest BCUT2D eigenvalue weighted by Gasteiger charge is 2.28. The van der Waals surface area contributed by atoms with Gasteiger partial charge in [-0.2, -0.15) is 0 Å². The second-order valence-corrected chi connectivity index (χ2v) is 8.56. The van der Waals surface area contributed by atoms with Crippen LogP contribution in [0.25, 0.3) is 0 Å². The fourth-order valence-corrected chi connectivity index (χ4v) is 3.68. The first-order chi connectivity index (χ1) is 13.1.